The molecule has 1 unspecified atom stereocenters. The first-order chi connectivity index (χ1) is 9.00. The normalized spacial score (nSPS) is 20.8. The number of amides is 1. The summed E-state index contributed by atoms with van der Waals surface area (Å²) in [5, 5.41) is 0. The molecule has 0 bridgehead atoms. The molecule has 2 N–H and O–H groups in total. The summed E-state index contributed by atoms with van der Waals surface area (Å²) in [6, 6.07) is 0.609. The number of hydrogen-bond acceptors (Lipinski definition) is 3. The first-order valence-electron chi connectivity index (χ1n) is 7.27. The van der Waals surface area contributed by atoms with E-state index < -0.39 is 0 Å². The van der Waals surface area contributed by atoms with E-state index in [0.29, 0.717) is 30.4 Å². The second kappa shape index (κ2) is 8.48. The molecule has 1 heterocycles. The Bertz CT molecular complexity index is 309. The highest BCUT2D eigenvalue weighted by atomic mass is 32.1. The summed E-state index contributed by atoms with van der Waals surface area (Å²) in [4.78, 5) is 16.7. The predicted octanol–water partition coefficient (Wildman–Crippen LogP) is 1.78. The molecule has 1 fully saturated rings. The second-order valence-electron chi connectivity index (χ2n) is 5.52. The van der Waals surface area contributed by atoms with Gasteiger partial charge in [0.05, 0.1) is 4.99 Å². The zero-order valence-corrected chi connectivity index (χ0v) is 13.0. The molecule has 0 aromatic heterocycles. The van der Waals surface area contributed by atoms with Crippen molar-refractivity contribution in [3.63, 3.8) is 0 Å². The third-order valence-corrected chi connectivity index (χ3v) is 4.13. The smallest absolute Gasteiger partial charge is 0.223 e. The Labute approximate surface area is 122 Å². The lowest BCUT2D eigenvalue weighted by Gasteiger charge is -2.27. The Morgan fingerprint density at radius 3 is 2.79 bits per heavy atom. The Morgan fingerprint density at radius 2 is 2.11 bits per heavy atom. The van der Waals surface area contributed by atoms with Crippen LogP contribution >= 0.6 is 12.2 Å². The Hall–Kier alpha value is -0.680. The van der Waals surface area contributed by atoms with Crippen molar-refractivity contribution >= 4 is 23.1 Å². The number of carbonyl (C=O) groups is 1. The summed E-state index contributed by atoms with van der Waals surface area (Å²) in [5.74, 6) is 0.188. The minimum Gasteiger partial charge on any atom is -0.393 e. The summed E-state index contributed by atoms with van der Waals surface area (Å²) in [6.45, 7) is 4.90. The maximum atomic E-state index is 12.0. The van der Waals surface area contributed by atoms with Crippen molar-refractivity contribution < 1.29 is 4.79 Å². The van der Waals surface area contributed by atoms with Crippen LogP contribution in [0.25, 0.3) is 0 Å². The maximum absolute atomic E-state index is 12.0. The van der Waals surface area contributed by atoms with Crippen LogP contribution in [0.5, 0.6) is 0 Å². The van der Waals surface area contributed by atoms with Crippen molar-refractivity contribution in [1.29, 1.82) is 0 Å². The predicted molar refractivity (Wildman–Crippen MR) is 83.2 cm³/mol. The van der Waals surface area contributed by atoms with Crippen LogP contribution in [0.2, 0.25) is 0 Å². The van der Waals surface area contributed by atoms with E-state index in [4.69, 9.17) is 18.0 Å². The molecule has 1 aliphatic rings. The van der Waals surface area contributed by atoms with Gasteiger partial charge in [0.15, 0.2) is 0 Å². The minimum atomic E-state index is 0.188. The zero-order chi connectivity index (χ0) is 14.3. The van der Waals surface area contributed by atoms with Gasteiger partial charge >= 0.3 is 0 Å². The quantitative estimate of drug-likeness (QED) is 0.756. The Morgan fingerprint density at radius 1 is 1.37 bits per heavy atom. The van der Waals surface area contributed by atoms with Gasteiger partial charge in [0.2, 0.25) is 5.91 Å². The third-order valence-electron chi connectivity index (χ3n) is 3.92. The summed E-state index contributed by atoms with van der Waals surface area (Å²) in [6.07, 6.45) is 6.36. The summed E-state index contributed by atoms with van der Waals surface area (Å²) in [7, 11) is 1.83. The lowest BCUT2D eigenvalue weighted by molar-refractivity contribution is -0.130. The summed E-state index contributed by atoms with van der Waals surface area (Å²) in [5.41, 5.74) is 5.45. The molecule has 0 radical (unpaired) electrons. The lowest BCUT2D eigenvalue weighted by Crippen LogP contribution is -2.37. The van der Waals surface area contributed by atoms with Gasteiger partial charge in [0.25, 0.3) is 0 Å². The molecule has 0 saturated carbocycles. The largest absolute Gasteiger partial charge is 0.393 e. The molecule has 1 amide bonds. The molecule has 0 aromatic carbocycles. The molecular formula is C14H27N3OS. The molecular weight excluding hydrogens is 258 g/mol. The second-order valence-corrected chi connectivity index (χ2v) is 6.04. The number of likely N-dealkylation sites (tertiary alicyclic amines) is 1. The van der Waals surface area contributed by atoms with Gasteiger partial charge in [-0.25, -0.2) is 0 Å². The van der Waals surface area contributed by atoms with Crippen LogP contribution in [0.3, 0.4) is 0 Å². The molecule has 0 spiro atoms. The molecule has 1 atom stereocenters. The number of thiocarbonyl (C=S) groups is 1. The van der Waals surface area contributed by atoms with Crippen molar-refractivity contribution in [3.05, 3.63) is 0 Å². The van der Waals surface area contributed by atoms with Crippen LogP contribution in [0.15, 0.2) is 0 Å². The maximum Gasteiger partial charge on any atom is 0.223 e. The number of nitrogens with two attached hydrogens (primary N) is 1. The first-order valence-corrected chi connectivity index (χ1v) is 7.68. The van der Waals surface area contributed by atoms with Gasteiger partial charge in [0.1, 0.15) is 0 Å². The lowest BCUT2D eigenvalue weighted by atomic mass is 10.1. The average molecular weight is 285 g/mol. The molecule has 19 heavy (non-hydrogen) atoms. The molecule has 1 saturated heterocycles. The Kier molecular flexibility index (Phi) is 7.31. The molecule has 1 aliphatic heterocycles. The monoisotopic (exact) mass is 285 g/mol. The molecule has 1 rings (SSSR count). The van der Waals surface area contributed by atoms with Gasteiger partial charge in [-0.3, -0.25) is 4.79 Å². The Balaban J connectivity index is 2.29. The minimum absolute atomic E-state index is 0.188. The van der Waals surface area contributed by atoms with Crippen LogP contribution in [-0.2, 0) is 4.79 Å². The fraction of sp³-hybridized carbons (Fsp3) is 0.857. The van der Waals surface area contributed by atoms with Crippen molar-refractivity contribution in [2.75, 3.05) is 26.7 Å². The third kappa shape index (κ3) is 6.34. The van der Waals surface area contributed by atoms with Crippen LogP contribution in [0.1, 0.15) is 45.4 Å². The van der Waals surface area contributed by atoms with E-state index in [1.54, 1.807) is 4.90 Å². The first kappa shape index (κ1) is 16.4. The van der Waals surface area contributed by atoms with Crippen LogP contribution < -0.4 is 5.73 Å². The SMILES string of the molecule is CC1CCCCCN1CCC(=O)N(C)CCC(N)=S. The van der Waals surface area contributed by atoms with Gasteiger partial charge < -0.3 is 15.5 Å². The van der Waals surface area contributed by atoms with Crippen molar-refractivity contribution in [3.8, 4) is 0 Å². The van der Waals surface area contributed by atoms with Gasteiger partial charge in [-0.05, 0) is 26.3 Å². The zero-order valence-electron chi connectivity index (χ0n) is 12.2. The number of carbonyl (C=O) groups excluding carboxylic acids is 1. The van der Waals surface area contributed by atoms with Crippen LogP contribution in [0, 0.1) is 0 Å². The van der Waals surface area contributed by atoms with Crippen LogP contribution in [0.4, 0.5) is 0 Å². The van der Waals surface area contributed by atoms with E-state index in [-0.39, 0.29) is 5.91 Å². The van der Waals surface area contributed by atoms with Crippen molar-refractivity contribution in [2.45, 2.75) is 51.5 Å². The van der Waals surface area contributed by atoms with E-state index in [0.717, 1.165) is 13.1 Å². The van der Waals surface area contributed by atoms with E-state index in [2.05, 4.69) is 11.8 Å². The highest BCUT2D eigenvalue weighted by Gasteiger charge is 2.18. The van der Waals surface area contributed by atoms with Gasteiger partial charge in [-0.15, -0.1) is 0 Å². The van der Waals surface area contributed by atoms with E-state index in [1.807, 2.05) is 7.05 Å². The topological polar surface area (TPSA) is 49.6 Å². The highest BCUT2D eigenvalue weighted by molar-refractivity contribution is 7.80. The highest BCUT2D eigenvalue weighted by Crippen LogP contribution is 2.16. The molecule has 0 aromatic rings. The number of rotatable bonds is 6. The fourth-order valence-electron chi connectivity index (χ4n) is 2.50. The van der Waals surface area contributed by atoms with Crippen LogP contribution in [-0.4, -0.2) is 53.4 Å². The van der Waals surface area contributed by atoms with E-state index in [1.165, 1.54) is 25.7 Å². The van der Waals surface area contributed by atoms with Gasteiger partial charge in [-0.2, -0.15) is 0 Å². The summed E-state index contributed by atoms with van der Waals surface area (Å²) >= 11 is 4.83. The van der Waals surface area contributed by atoms with Gasteiger partial charge in [-0.1, -0.05) is 25.1 Å². The number of nitrogens with zero attached hydrogens (tertiary/aromatic N) is 2. The molecule has 4 nitrogen and oxygen atoms in total. The number of hydrogen-bond donors (Lipinski definition) is 1. The van der Waals surface area contributed by atoms with E-state index in [9.17, 15) is 4.79 Å². The van der Waals surface area contributed by atoms with Crippen molar-refractivity contribution in [2.24, 2.45) is 5.73 Å². The average Bonchev–Trinajstić information content (AvgIpc) is 2.57. The molecule has 0 aliphatic carbocycles. The van der Waals surface area contributed by atoms with Gasteiger partial charge in [0, 0.05) is 39.0 Å². The fourth-order valence-corrected chi connectivity index (χ4v) is 2.59. The standard InChI is InChI=1S/C14H27N3OS/c1-12-6-4-3-5-9-17(12)11-8-14(18)16(2)10-7-13(15)19/h12H,3-11H2,1-2H3,(H2,15,19). The summed E-state index contributed by atoms with van der Waals surface area (Å²) < 4.78 is 0. The van der Waals surface area contributed by atoms with Crippen molar-refractivity contribution in [1.82, 2.24) is 9.80 Å². The van der Waals surface area contributed by atoms with E-state index >= 15 is 0 Å². The molecule has 110 valence electrons. The molecule has 5 heteroatoms.